The number of hydroxylamine groups is 1. The van der Waals surface area contributed by atoms with Crippen LogP contribution in [0, 0.1) is 5.21 Å². The Kier molecular flexibility index (Phi) is 1.32. The van der Waals surface area contributed by atoms with Crippen molar-refractivity contribution in [2.24, 2.45) is 0 Å². The Balaban J connectivity index is 3.41. The van der Waals surface area contributed by atoms with Crippen LogP contribution in [0.2, 0.25) is 0 Å². The molecule has 0 aliphatic carbocycles. The molecule has 4 nitrogen and oxygen atoms in total. The fourth-order valence-corrected chi connectivity index (χ4v) is 1.72. The summed E-state index contributed by atoms with van der Waals surface area (Å²) in [6.45, 7) is 2.89. The molecule has 0 amide bonds. The van der Waals surface area contributed by atoms with Crippen molar-refractivity contribution >= 4 is 15.4 Å². The Hall–Kier alpha value is -0.840. The first kappa shape index (κ1) is 7.27. The normalized spacial score (nSPS) is 23.2. The molecule has 0 radical (unpaired) electrons. The fraction of sp³-hybridized carbons (Fsp3) is 0.400. The van der Waals surface area contributed by atoms with Gasteiger partial charge in [-0.25, -0.2) is 8.42 Å². The van der Waals surface area contributed by atoms with Gasteiger partial charge in [0.1, 0.15) is 4.91 Å². The molecule has 0 spiro atoms. The maximum absolute atomic E-state index is 10.8. The van der Waals surface area contributed by atoms with Crippen molar-refractivity contribution in [3.63, 3.8) is 0 Å². The van der Waals surface area contributed by atoms with Gasteiger partial charge in [-0.05, 0) is 6.92 Å². The second-order valence-electron chi connectivity index (χ2n) is 2.12. The highest BCUT2D eigenvalue weighted by atomic mass is 32.2. The van der Waals surface area contributed by atoms with Gasteiger partial charge in [-0.1, -0.05) is 0 Å². The van der Waals surface area contributed by atoms with Gasteiger partial charge in [0, 0.05) is 6.92 Å². The highest BCUT2D eigenvalue weighted by Gasteiger charge is 2.28. The van der Waals surface area contributed by atoms with E-state index in [-0.39, 0.29) is 10.6 Å². The zero-order valence-electron chi connectivity index (χ0n) is 5.66. The third kappa shape index (κ3) is 0.824. The van der Waals surface area contributed by atoms with Gasteiger partial charge in [0.25, 0.3) is 15.4 Å². The third-order valence-electron chi connectivity index (χ3n) is 1.50. The Morgan fingerprint density at radius 2 is 2.00 bits per heavy atom. The van der Waals surface area contributed by atoms with E-state index in [2.05, 4.69) is 0 Å². The number of hydrogen-bond acceptors (Lipinski definition) is 3. The Morgan fingerprint density at radius 1 is 1.50 bits per heavy atom. The molecular weight excluding hydrogens is 154 g/mol. The number of hydrogen-bond donors (Lipinski definition) is 0. The van der Waals surface area contributed by atoms with Crippen LogP contribution in [0.3, 0.4) is 0 Å². The molecule has 0 saturated heterocycles. The minimum absolute atomic E-state index is 0.141. The summed E-state index contributed by atoms with van der Waals surface area (Å²) in [5.74, 6) is 0. The number of rotatable bonds is 0. The van der Waals surface area contributed by atoms with Gasteiger partial charge in [0.2, 0.25) is 5.70 Å². The molecule has 10 heavy (non-hydrogen) atoms. The molecule has 0 aromatic heterocycles. The van der Waals surface area contributed by atoms with E-state index in [0.717, 1.165) is 0 Å². The van der Waals surface area contributed by atoms with Crippen LogP contribution in [-0.4, -0.2) is 18.7 Å². The lowest BCUT2D eigenvalue weighted by atomic mass is 10.5. The number of nitrogens with zero attached hydrogens (tertiary/aromatic N) is 1. The summed E-state index contributed by atoms with van der Waals surface area (Å²) in [6.07, 6.45) is 0. The molecule has 0 bridgehead atoms. The van der Waals surface area contributed by atoms with Crippen LogP contribution in [0.5, 0.6) is 0 Å². The van der Waals surface area contributed by atoms with Crippen molar-refractivity contribution in [2.75, 3.05) is 0 Å². The van der Waals surface area contributed by atoms with E-state index >= 15 is 0 Å². The van der Waals surface area contributed by atoms with Crippen molar-refractivity contribution < 1.29 is 13.2 Å². The summed E-state index contributed by atoms with van der Waals surface area (Å²) in [5, 5.41) is 10.6. The zero-order chi connectivity index (χ0) is 7.94. The van der Waals surface area contributed by atoms with Gasteiger partial charge >= 0.3 is 0 Å². The Labute approximate surface area is 59.0 Å². The molecule has 1 rings (SSSR count). The zero-order valence-corrected chi connectivity index (χ0v) is 6.47. The van der Waals surface area contributed by atoms with Crippen LogP contribution < -0.4 is 0 Å². The predicted molar refractivity (Wildman–Crippen MR) is 37.0 cm³/mol. The molecule has 0 aromatic rings. The Morgan fingerprint density at radius 3 is 2.10 bits per heavy atom. The van der Waals surface area contributed by atoms with Crippen LogP contribution in [0.25, 0.3) is 0 Å². The van der Waals surface area contributed by atoms with Gasteiger partial charge < -0.3 is 5.21 Å². The van der Waals surface area contributed by atoms with Gasteiger partial charge in [-0.15, -0.1) is 0 Å². The molecule has 56 valence electrons. The summed E-state index contributed by atoms with van der Waals surface area (Å²) >= 11 is 0. The van der Waals surface area contributed by atoms with E-state index in [1.165, 1.54) is 13.8 Å². The van der Waals surface area contributed by atoms with Crippen LogP contribution in [0.15, 0.2) is 10.6 Å². The van der Waals surface area contributed by atoms with E-state index < -0.39 is 9.84 Å². The molecule has 0 fully saturated rings. The SMILES string of the molecule is CC1=C(C)S(=O)(=O)C=[N+]1[O-]. The lowest BCUT2D eigenvalue weighted by Gasteiger charge is -1.93. The van der Waals surface area contributed by atoms with Crippen LogP contribution >= 0.6 is 0 Å². The van der Waals surface area contributed by atoms with E-state index in [9.17, 15) is 13.6 Å². The monoisotopic (exact) mass is 161 g/mol. The summed E-state index contributed by atoms with van der Waals surface area (Å²) in [5.41, 5.74) is 0.928. The average molecular weight is 161 g/mol. The number of allylic oxidation sites excluding steroid dienone is 2. The molecule has 0 unspecified atom stereocenters. The highest BCUT2D eigenvalue weighted by molar-refractivity contribution is 8.07. The van der Waals surface area contributed by atoms with E-state index in [1.807, 2.05) is 0 Å². The maximum Gasteiger partial charge on any atom is 0.277 e. The molecule has 0 saturated carbocycles. The van der Waals surface area contributed by atoms with Crippen molar-refractivity contribution in [3.8, 4) is 0 Å². The van der Waals surface area contributed by atoms with Crippen molar-refractivity contribution in [1.29, 1.82) is 0 Å². The smallest absolute Gasteiger partial charge is 0.277 e. The molecule has 5 heteroatoms. The third-order valence-corrected chi connectivity index (χ3v) is 3.12. The van der Waals surface area contributed by atoms with Crippen LogP contribution in [0.1, 0.15) is 13.8 Å². The lowest BCUT2D eigenvalue weighted by Crippen LogP contribution is -1.99. The average Bonchev–Trinajstić information content (AvgIpc) is 1.95. The standard InChI is InChI=1S/C5H7NO3S/c1-4-5(2)10(8,9)3-6(4)7/h3H,1-2H3. The van der Waals surface area contributed by atoms with Crippen LogP contribution in [0.4, 0.5) is 0 Å². The Bertz CT molecular complexity index is 323. The summed E-state index contributed by atoms with van der Waals surface area (Å²) < 4.78 is 22.0. The molecule has 1 aliphatic rings. The second kappa shape index (κ2) is 1.82. The first-order valence-electron chi connectivity index (χ1n) is 2.69. The second-order valence-corrected chi connectivity index (χ2v) is 4.03. The minimum Gasteiger partial charge on any atom is -0.618 e. The molecule has 1 heterocycles. The first-order valence-corrected chi connectivity index (χ1v) is 4.23. The molecule has 0 N–H and O–H groups in total. The predicted octanol–water partition coefficient (Wildman–Crippen LogP) is 0.205. The van der Waals surface area contributed by atoms with E-state index in [1.54, 1.807) is 0 Å². The maximum atomic E-state index is 10.8. The lowest BCUT2D eigenvalue weighted by molar-refractivity contribution is -0.391. The van der Waals surface area contributed by atoms with Crippen molar-refractivity contribution in [1.82, 2.24) is 0 Å². The van der Waals surface area contributed by atoms with E-state index in [0.29, 0.717) is 10.3 Å². The summed E-state index contributed by atoms with van der Waals surface area (Å²) in [6, 6.07) is 0. The minimum atomic E-state index is -3.36. The molecule has 0 atom stereocenters. The summed E-state index contributed by atoms with van der Waals surface area (Å²) in [7, 11) is -3.36. The van der Waals surface area contributed by atoms with Gasteiger partial charge in [-0.2, -0.15) is 4.74 Å². The van der Waals surface area contributed by atoms with Gasteiger partial charge in [0.05, 0.1) is 0 Å². The van der Waals surface area contributed by atoms with Crippen LogP contribution in [-0.2, 0) is 9.84 Å². The highest BCUT2D eigenvalue weighted by Crippen LogP contribution is 2.16. The fourth-order valence-electron chi connectivity index (χ4n) is 0.645. The molecule has 1 aliphatic heterocycles. The summed E-state index contributed by atoms with van der Waals surface area (Å²) in [4.78, 5) is 0.141. The van der Waals surface area contributed by atoms with Crippen molar-refractivity contribution in [2.45, 2.75) is 13.8 Å². The largest absolute Gasteiger partial charge is 0.618 e. The molecule has 0 aromatic carbocycles. The van der Waals surface area contributed by atoms with Gasteiger partial charge in [0.15, 0.2) is 0 Å². The quantitative estimate of drug-likeness (QED) is 0.377. The number of sulfone groups is 1. The molecular formula is C5H7NO3S. The van der Waals surface area contributed by atoms with E-state index in [4.69, 9.17) is 0 Å². The first-order chi connectivity index (χ1) is 4.45. The van der Waals surface area contributed by atoms with Gasteiger partial charge in [-0.3, -0.25) is 0 Å². The van der Waals surface area contributed by atoms with Crippen molar-refractivity contribution in [3.05, 3.63) is 15.8 Å². The topological polar surface area (TPSA) is 60.2 Å².